The summed E-state index contributed by atoms with van der Waals surface area (Å²) in [5.74, 6) is 2.19. The van der Waals surface area contributed by atoms with Crippen LogP contribution in [-0.2, 0) is 0 Å². The summed E-state index contributed by atoms with van der Waals surface area (Å²) in [7, 11) is 1.64. The lowest BCUT2D eigenvalue weighted by Crippen LogP contribution is -2.06. The van der Waals surface area contributed by atoms with Gasteiger partial charge >= 0.3 is 0 Å². The molecule has 2 aromatic carbocycles. The Morgan fingerprint density at radius 2 is 1.72 bits per heavy atom. The molecule has 2 heterocycles. The number of methoxy groups -OCH3 is 1. The molecule has 0 fully saturated rings. The fraction of sp³-hybridized carbons (Fsp3) is 0.150. The first-order valence-corrected chi connectivity index (χ1v) is 7.93. The van der Waals surface area contributed by atoms with Crippen molar-refractivity contribution in [3.8, 4) is 39.6 Å². The lowest BCUT2D eigenvalue weighted by molar-refractivity contribution is 0.174. The molecule has 0 amide bonds. The van der Waals surface area contributed by atoms with Gasteiger partial charge in [0.15, 0.2) is 11.5 Å². The van der Waals surface area contributed by atoms with Crippen molar-refractivity contribution in [3.63, 3.8) is 0 Å². The molecule has 4 rings (SSSR count). The molecule has 25 heavy (non-hydrogen) atoms. The maximum Gasteiger partial charge on any atom is 0.249 e. The number of ether oxygens (including phenoxy) is 3. The van der Waals surface area contributed by atoms with Gasteiger partial charge in [-0.2, -0.15) is 0 Å². The maximum atomic E-state index is 12.2. The summed E-state index contributed by atoms with van der Waals surface area (Å²) >= 11 is 0. The number of pyridine rings is 1. The first-order chi connectivity index (χ1) is 12.1. The molecule has 3 aromatic rings. The molecule has 5 nitrogen and oxygen atoms in total. The molecule has 0 saturated heterocycles. The highest BCUT2D eigenvalue weighted by Crippen LogP contribution is 2.36. The molecule has 0 spiro atoms. The summed E-state index contributed by atoms with van der Waals surface area (Å²) in [5, 5.41) is 0. The second kappa shape index (κ2) is 6.02. The van der Waals surface area contributed by atoms with Gasteiger partial charge in [0.1, 0.15) is 5.75 Å². The number of benzene rings is 2. The van der Waals surface area contributed by atoms with Crippen molar-refractivity contribution in [3.05, 3.63) is 64.4 Å². The van der Waals surface area contributed by atoms with Crippen molar-refractivity contribution in [1.82, 2.24) is 4.98 Å². The fourth-order valence-corrected chi connectivity index (χ4v) is 2.93. The molecule has 1 aliphatic heterocycles. The first kappa shape index (κ1) is 15.3. The Hall–Kier alpha value is -3.21. The van der Waals surface area contributed by atoms with Crippen LogP contribution in [0.15, 0.2) is 53.3 Å². The third kappa shape index (κ3) is 2.85. The number of rotatable bonds is 3. The van der Waals surface area contributed by atoms with Gasteiger partial charge in [0.05, 0.1) is 7.11 Å². The van der Waals surface area contributed by atoms with E-state index in [9.17, 15) is 4.79 Å². The zero-order valence-corrected chi connectivity index (χ0v) is 14.0. The van der Waals surface area contributed by atoms with E-state index in [1.165, 1.54) is 0 Å². The zero-order valence-electron chi connectivity index (χ0n) is 14.0. The minimum Gasteiger partial charge on any atom is -0.496 e. The molecule has 1 aliphatic rings. The van der Waals surface area contributed by atoms with Crippen LogP contribution in [0.5, 0.6) is 17.2 Å². The van der Waals surface area contributed by atoms with Crippen LogP contribution in [0.1, 0.15) is 5.56 Å². The molecule has 126 valence electrons. The molecule has 1 aromatic heterocycles. The van der Waals surface area contributed by atoms with Crippen molar-refractivity contribution >= 4 is 0 Å². The average molecular weight is 335 g/mol. The zero-order chi connectivity index (χ0) is 17.4. The van der Waals surface area contributed by atoms with Crippen molar-refractivity contribution in [1.29, 1.82) is 0 Å². The molecule has 0 radical (unpaired) electrons. The van der Waals surface area contributed by atoms with Crippen LogP contribution < -0.4 is 19.8 Å². The van der Waals surface area contributed by atoms with Gasteiger partial charge in [0.2, 0.25) is 12.4 Å². The number of aromatic nitrogens is 1. The van der Waals surface area contributed by atoms with E-state index in [0.29, 0.717) is 5.75 Å². The van der Waals surface area contributed by atoms with Crippen LogP contribution >= 0.6 is 0 Å². The van der Waals surface area contributed by atoms with E-state index < -0.39 is 0 Å². The van der Waals surface area contributed by atoms with Gasteiger partial charge in [-0.25, -0.2) is 0 Å². The Labute approximate surface area is 144 Å². The second-order valence-corrected chi connectivity index (χ2v) is 5.90. The molecule has 0 aliphatic carbocycles. The van der Waals surface area contributed by atoms with E-state index in [0.717, 1.165) is 39.4 Å². The standard InChI is InChI=1S/C20H17NO4/c1-12-3-4-14(9-18(12)23-2)16-7-15(10-20(22)21-16)13-5-6-17-19(8-13)25-11-24-17/h3-10H,11H2,1-2H3,(H,21,22). The molecule has 0 atom stereocenters. The van der Waals surface area contributed by atoms with E-state index in [4.69, 9.17) is 14.2 Å². The lowest BCUT2D eigenvalue weighted by atomic mass is 10.0. The van der Waals surface area contributed by atoms with Crippen LogP contribution in [0.4, 0.5) is 0 Å². The van der Waals surface area contributed by atoms with Gasteiger partial charge in [0, 0.05) is 17.3 Å². The van der Waals surface area contributed by atoms with Gasteiger partial charge in [0.25, 0.3) is 0 Å². The summed E-state index contributed by atoms with van der Waals surface area (Å²) in [6, 6.07) is 15.0. The van der Waals surface area contributed by atoms with Crippen LogP contribution in [0.3, 0.4) is 0 Å². The summed E-state index contributed by atoms with van der Waals surface area (Å²) in [6.45, 7) is 2.21. The van der Waals surface area contributed by atoms with Crippen molar-refractivity contribution in [2.45, 2.75) is 6.92 Å². The third-order valence-corrected chi connectivity index (χ3v) is 4.27. The van der Waals surface area contributed by atoms with Gasteiger partial charge < -0.3 is 19.2 Å². The predicted octanol–water partition coefficient (Wildman–Crippen LogP) is 3.75. The molecule has 5 heteroatoms. The Bertz CT molecular complexity index is 975. The summed E-state index contributed by atoms with van der Waals surface area (Å²) < 4.78 is 16.1. The van der Waals surface area contributed by atoms with Crippen LogP contribution in [-0.4, -0.2) is 18.9 Å². The highest BCUT2D eigenvalue weighted by atomic mass is 16.7. The quantitative estimate of drug-likeness (QED) is 0.792. The number of fused-ring (bicyclic) bond motifs is 1. The number of aromatic amines is 1. The monoisotopic (exact) mass is 335 g/mol. The van der Waals surface area contributed by atoms with E-state index in [2.05, 4.69) is 4.98 Å². The number of nitrogens with one attached hydrogen (secondary N) is 1. The second-order valence-electron chi connectivity index (χ2n) is 5.90. The van der Waals surface area contributed by atoms with Crippen molar-refractivity contribution < 1.29 is 14.2 Å². The van der Waals surface area contributed by atoms with Crippen LogP contribution in [0, 0.1) is 6.92 Å². The Balaban J connectivity index is 1.80. The van der Waals surface area contributed by atoms with E-state index in [-0.39, 0.29) is 12.4 Å². The van der Waals surface area contributed by atoms with Crippen LogP contribution in [0.25, 0.3) is 22.4 Å². The SMILES string of the molecule is COc1cc(-c2cc(-c3ccc4c(c3)OCO4)cc(=O)[nH]2)ccc1C. The Kier molecular flexibility index (Phi) is 3.69. The Morgan fingerprint density at radius 3 is 2.56 bits per heavy atom. The summed E-state index contributed by atoms with van der Waals surface area (Å²) in [5.41, 5.74) is 4.22. The largest absolute Gasteiger partial charge is 0.496 e. The molecule has 0 unspecified atom stereocenters. The minimum absolute atomic E-state index is 0.162. The third-order valence-electron chi connectivity index (χ3n) is 4.27. The number of H-pyrrole nitrogens is 1. The molecular weight excluding hydrogens is 318 g/mol. The maximum absolute atomic E-state index is 12.2. The van der Waals surface area contributed by atoms with Gasteiger partial charge in [-0.05, 0) is 47.9 Å². The lowest BCUT2D eigenvalue weighted by Gasteiger charge is -2.10. The number of hydrogen-bond acceptors (Lipinski definition) is 4. The van der Waals surface area contributed by atoms with E-state index in [1.54, 1.807) is 13.2 Å². The normalized spacial score (nSPS) is 12.2. The van der Waals surface area contributed by atoms with Gasteiger partial charge in [-0.3, -0.25) is 4.79 Å². The van der Waals surface area contributed by atoms with Crippen LogP contribution in [0.2, 0.25) is 0 Å². The molecule has 0 bridgehead atoms. The van der Waals surface area contributed by atoms with Gasteiger partial charge in [-0.15, -0.1) is 0 Å². The fourth-order valence-electron chi connectivity index (χ4n) is 2.93. The first-order valence-electron chi connectivity index (χ1n) is 7.93. The highest BCUT2D eigenvalue weighted by Gasteiger charge is 2.14. The highest BCUT2D eigenvalue weighted by molar-refractivity contribution is 5.73. The number of aryl methyl sites for hydroxylation is 1. The van der Waals surface area contributed by atoms with Crippen molar-refractivity contribution in [2.24, 2.45) is 0 Å². The smallest absolute Gasteiger partial charge is 0.249 e. The topological polar surface area (TPSA) is 60.6 Å². The average Bonchev–Trinajstić information content (AvgIpc) is 3.09. The van der Waals surface area contributed by atoms with E-state index in [1.807, 2.05) is 49.4 Å². The minimum atomic E-state index is -0.162. The van der Waals surface area contributed by atoms with Gasteiger partial charge in [-0.1, -0.05) is 18.2 Å². The number of hydrogen-bond donors (Lipinski definition) is 1. The van der Waals surface area contributed by atoms with Crippen molar-refractivity contribution in [2.75, 3.05) is 13.9 Å². The summed E-state index contributed by atoms with van der Waals surface area (Å²) in [4.78, 5) is 15.1. The predicted molar refractivity (Wildman–Crippen MR) is 95.3 cm³/mol. The summed E-state index contributed by atoms with van der Waals surface area (Å²) in [6.07, 6.45) is 0. The Morgan fingerprint density at radius 1 is 0.920 bits per heavy atom. The molecule has 1 N–H and O–H groups in total. The molecular formula is C20H17NO4. The van der Waals surface area contributed by atoms with E-state index >= 15 is 0 Å². The molecule has 0 saturated carbocycles.